The van der Waals surface area contributed by atoms with Gasteiger partial charge < -0.3 is 10.2 Å². The van der Waals surface area contributed by atoms with Gasteiger partial charge in [0.25, 0.3) is 5.91 Å². The average molecular weight is 338 g/mol. The SMILES string of the molecule is CC(=O)N/C(=C\c1ccccc1)C(=O)N1CCN(C2CC2)C(C#N)C1. The summed E-state index contributed by atoms with van der Waals surface area (Å²) in [6.07, 6.45) is 3.95. The van der Waals surface area contributed by atoms with Gasteiger partial charge in [-0.15, -0.1) is 0 Å². The molecule has 1 N–H and O–H groups in total. The summed E-state index contributed by atoms with van der Waals surface area (Å²) in [5.74, 6) is -0.529. The zero-order valence-corrected chi connectivity index (χ0v) is 14.3. The molecule has 25 heavy (non-hydrogen) atoms. The molecule has 130 valence electrons. The molecule has 1 aliphatic heterocycles. The molecule has 1 aliphatic carbocycles. The van der Waals surface area contributed by atoms with Gasteiger partial charge in [0.2, 0.25) is 5.91 Å². The van der Waals surface area contributed by atoms with E-state index in [-0.39, 0.29) is 23.6 Å². The maximum atomic E-state index is 12.9. The minimum absolute atomic E-state index is 0.241. The monoisotopic (exact) mass is 338 g/mol. The Labute approximate surface area is 147 Å². The first kappa shape index (κ1) is 17.2. The van der Waals surface area contributed by atoms with Crippen LogP contribution in [0.25, 0.3) is 6.08 Å². The summed E-state index contributed by atoms with van der Waals surface area (Å²) in [7, 11) is 0. The van der Waals surface area contributed by atoms with Gasteiger partial charge in [-0.1, -0.05) is 30.3 Å². The second-order valence-electron chi connectivity index (χ2n) is 6.51. The lowest BCUT2D eigenvalue weighted by Gasteiger charge is -2.38. The second kappa shape index (κ2) is 7.49. The molecule has 6 heteroatoms. The molecular weight excluding hydrogens is 316 g/mol. The molecule has 0 bridgehead atoms. The highest BCUT2D eigenvalue weighted by atomic mass is 16.2. The van der Waals surface area contributed by atoms with Crippen LogP contribution in [0.5, 0.6) is 0 Å². The number of amides is 2. The standard InChI is InChI=1S/C19H22N4O2/c1-14(24)21-18(11-15-5-3-2-4-6-15)19(25)22-9-10-23(16-7-8-16)17(12-20)13-22/h2-6,11,16-17H,7-10,13H2,1H3,(H,21,24)/b18-11-. The number of benzene rings is 1. The third-order valence-electron chi connectivity index (χ3n) is 4.53. The minimum Gasteiger partial charge on any atom is -0.333 e. The molecule has 1 aromatic carbocycles. The highest BCUT2D eigenvalue weighted by molar-refractivity contribution is 6.01. The van der Waals surface area contributed by atoms with Gasteiger partial charge in [-0.25, -0.2) is 0 Å². The van der Waals surface area contributed by atoms with Gasteiger partial charge in [0, 0.05) is 26.1 Å². The number of nitrogens with one attached hydrogen (secondary N) is 1. The van der Waals surface area contributed by atoms with E-state index in [0.717, 1.165) is 18.4 Å². The van der Waals surface area contributed by atoms with Crippen molar-refractivity contribution in [3.63, 3.8) is 0 Å². The van der Waals surface area contributed by atoms with Crippen molar-refractivity contribution in [3.05, 3.63) is 41.6 Å². The lowest BCUT2D eigenvalue weighted by Crippen LogP contribution is -2.55. The first-order valence-electron chi connectivity index (χ1n) is 8.57. The van der Waals surface area contributed by atoms with Crippen LogP contribution in [0.15, 0.2) is 36.0 Å². The molecule has 0 aromatic heterocycles. The van der Waals surface area contributed by atoms with Crippen LogP contribution in [0.3, 0.4) is 0 Å². The summed E-state index contributed by atoms with van der Waals surface area (Å²) in [5, 5.41) is 12.1. The van der Waals surface area contributed by atoms with Crippen LogP contribution in [-0.2, 0) is 9.59 Å². The third-order valence-corrected chi connectivity index (χ3v) is 4.53. The number of carbonyl (C=O) groups is 2. The summed E-state index contributed by atoms with van der Waals surface area (Å²) >= 11 is 0. The van der Waals surface area contributed by atoms with E-state index in [0.29, 0.717) is 25.7 Å². The predicted molar refractivity (Wildman–Crippen MR) is 93.9 cm³/mol. The molecule has 0 radical (unpaired) electrons. The number of hydrogen-bond donors (Lipinski definition) is 1. The van der Waals surface area contributed by atoms with Crippen molar-refractivity contribution in [1.29, 1.82) is 5.26 Å². The zero-order valence-electron chi connectivity index (χ0n) is 14.3. The van der Waals surface area contributed by atoms with Gasteiger partial charge in [-0.2, -0.15) is 5.26 Å². The lowest BCUT2D eigenvalue weighted by molar-refractivity contribution is -0.131. The first-order valence-corrected chi connectivity index (χ1v) is 8.57. The second-order valence-corrected chi connectivity index (χ2v) is 6.51. The van der Waals surface area contributed by atoms with E-state index in [1.807, 2.05) is 30.3 Å². The van der Waals surface area contributed by atoms with Crippen LogP contribution in [0.2, 0.25) is 0 Å². The number of nitriles is 1. The Morgan fingerprint density at radius 1 is 1.24 bits per heavy atom. The Kier molecular flexibility index (Phi) is 5.15. The van der Waals surface area contributed by atoms with Crippen molar-refractivity contribution in [2.45, 2.75) is 31.8 Å². The maximum Gasteiger partial charge on any atom is 0.270 e. The van der Waals surface area contributed by atoms with E-state index >= 15 is 0 Å². The molecule has 3 rings (SSSR count). The fraction of sp³-hybridized carbons (Fsp3) is 0.421. The largest absolute Gasteiger partial charge is 0.333 e. The van der Waals surface area contributed by atoms with E-state index in [2.05, 4.69) is 16.3 Å². The fourth-order valence-corrected chi connectivity index (χ4v) is 3.17. The number of carbonyl (C=O) groups excluding carboxylic acids is 2. The summed E-state index contributed by atoms with van der Waals surface area (Å²) in [6.45, 7) is 3.03. The van der Waals surface area contributed by atoms with Crippen LogP contribution in [0, 0.1) is 11.3 Å². The topological polar surface area (TPSA) is 76.4 Å². The molecule has 1 heterocycles. The van der Waals surface area contributed by atoms with Crippen molar-refractivity contribution in [1.82, 2.24) is 15.1 Å². The fourth-order valence-electron chi connectivity index (χ4n) is 3.17. The Balaban J connectivity index is 1.77. The number of piperazine rings is 1. The third kappa shape index (κ3) is 4.25. The smallest absolute Gasteiger partial charge is 0.270 e. The van der Waals surface area contributed by atoms with Gasteiger partial charge in [0.1, 0.15) is 11.7 Å². The van der Waals surface area contributed by atoms with E-state index in [1.54, 1.807) is 11.0 Å². The lowest BCUT2D eigenvalue weighted by atomic mass is 10.1. The van der Waals surface area contributed by atoms with Gasteiger partial charge in [-0.3, -0.25) is 14.5 Å². The molecule has 1 atom stereocenters. The molecule has 2 aliphatic rings. The summed E-state index contributed by atoms with van der Waals surface area (Å²) in [5.41, 5.74) is 1.09. The van der Waals surface area contributed by atoms with E-state index in [4.69, 9.17) is 0 Å². The van der Waals surface area contributed by atoms with Gasteiger partial charge in [-0.05, 0) is 24.5 Å². The van der Waals surface area contributed by atoms with Crippen LogP contribution >= 0.6 is 0 Å². The van der Waals surface area contributed by atoms with Gasteiger partial charge in [0.15, 0.2) is 0 Å². The normalized spacial score (nSPS) is 21.5. The highest BCUT2D eigenvalue weighted by Crippen LogP contribution is 2.30. The first-order chi connectivity index (χ1) is 12.1. The van der Waals surface area contributed by atoms with Crippen LogP contribution < -0.4 is 5.32 Å². The maximum absolute atomic E-state index is 12.9. The average Bonchev–Trinajstić information content (AvgIpc) is 3.45. The molecule has 1 unspecified atom stereocenters. The number of nitrogens with zero attached hydrogens (tertiary/aromatic N) is 3. The van der Waals surface area contributed by atoms with E-state index < -0.39 is 0 Å². The Hall–Kier alpha value is -2.65. The summed E-state index contributed by atoms with van der Waals surface area (Å²) < 4.78 is 0. The Morgan fingerprint density at radius 2 is 1.96 bits per heavy atom. The molecule has 6 nitrogen and oxygen atoms in total. The molecule has 1 saturated heterocycles. The predicted octanol–water partition coefficient (Wildman–Crippen LogP) is 1.36. The van der Waals surface area contributed by atoms with Crippen LogP contribution in [0.4, 0.5) is 0 Å². The molecule has 2 amide bonds. The van der Waals surface area contributed by atoms with Crippen molar-refractivity contribution in [2.75, 3.05) is 19.6 Å². The number of hydrogen-bond acceptors (Lipinski definition) is 4. The molecular formula is C19H22N4O2. The molecule has 1 aromatic rings. The quantitative estimate of drug-likeness (QED) is 0.841. The summed E-state index contributed by atoms with van der Waals surface area (Å²) in [6, 6.07) is 11.9. The van der Waals surface area contributed by atoms with Gasteiger partial charge >= 0.3 is 0 Å². The van der Waals surface area contributed by atoms with Crippen molar-refractivity contribution in [2.24, 2.45) is 0 Å². The highest BCUT2D eigenvalue weighted by Gasteiger charge is 2.38. The summed E-state index contributed by atoms with van der Waals surface area (Å²) in [4.78, 5) is 28.3. The molecule has 2 fully saturated rings. The Morgan fingerprint density at radius 3 is 2.56 bits per heavy atom. The van der Waals surface area contributed by atoms with Crippen molar-refractivity contribution >= 4 is 17.9 Å². The Bertz CT molecular complexity index is 719. The van der Waals surface area contributed by atoms with Crippen molar-refractivity contribution in [3.8, 4) is 6.07 Å². The van der Waals surface area contributed by atoms with Crippen molar-refractivity contribution < 1.29 is 9.59 Å². The zero-order chi connectivity index (χ0) is 17.8. The van der Waals surface area contributed by atoms with E-state index in [9.17, 15) is 14.9 Å². The molecule has 0 spiro atoms. The molecule has 1 saturated carbocycles. The van der Waals surface area contributed by atoms with Crippen LogP contribution in [-0.4, -0.2) is 53.3 Å². The minimum atomic E-state index is -0.288. The number of rotatable bonds is 4. The van der Waals surface area contributed by atoms with E-state index in [1.165, 1.54) is 6.92 Å². The van der Waals surface area contributed by atoms with Gasteiger partial charge in [0.05, 0.1) is 12.6 Å². The van der Waals surface area contributed by atoms with Crippen LogP contribution in [0.1, 0.15) is 25.3 Å².